The van der Waals surface area contributed by atoms with Gasteiger partial charge in [0.15, 0.2) is 0 Å². The fourth-order valence-corrected chi connectivity index (χ4v) is 3.61. The first-order chi connectivity index (χ1) is 20.1. The summed E-state index contributed by atoms with van der Waals surface area (Å²) in [7, 11) is 0. The van der Waals surface area contributed by atoms with Gasteiger partial charge in [-0.2, -0.15) is 9.37 Å². The largest absolute Gasteiger partial charge is 0.460 e. The Morgan fingerprint density at radius 3 is 1.80 bits per heavy atom. The van der Waals surface area contributed by atoms with Crippen LogP contribution < -0.4 is 16.0 Å². The summed E-state index contributed by atoms with van der Waals surface area (Å²) < 4.78 is 29.9. The van der Waals surface area contributed by atoms with Gasteiger partial charge in [-0.25, -0.2) is 14.4 Å². The Balaban J connectivity index is 2.88. The number of hydrogen-bond donors (Lipinski definition) is 3. The second kappa shape index (κ2) is 16.1. The minimum Gasteiger partial charge on any atom is -0.460 e. The number of halogens is 1. The number of carbonyl (C=O) groups is 4. The van der Waals surface area contributed by atoms with Crippen LogP contribution in [0.15, 0.2) is 12.1 Å². The zero-order valence-corrected chi connectivity index (χ0v) is 27.0. The number of amides is 2. The molecule has 0 aliphatic carbocycles. The fraction of sp³-hybridized carbons (Fsp3) is 0.690. The lowest BCUT2D eigenvalue weighted by Crippen LogP contribution is -2.53. The molecule has 2 amide bonds. The number of urea groups is 1. The van der Waals surface area contributed by atoms with Gasteiger partial charge in [-0.1, -0.05) is 0 Å². The molecule has 1 aromatic heterocycles. The van der Waals surface area contributed by atoms with Crippen LogP contribution in [0.4, 0.5) is 20.7 Å². The summed E-state index contributed by atoms with van der Waals surface area (Å²) >= 11 is 0. The molecule has 0 radical (unpaired) electrons. The SMILES string of the molecule is CC(C)(C)OC(=O)CC[C@H](NC(=O)N[C@@H](CCCCNc1ccc([N+](=O)[O-])c(F)n1)C(=O)OC(C)(C)C)C(=O)OC(C)(C)C. The van der Waals surface area contributed by atoms with Crippen LogP contribution in [0.5, 0.6) is 0 Å². The van der Waals surface area contributed by atoms with Crippen molar-refractivity contribution < 1.29 is 42.7 Å². The van der Waals surface area contributed by atoms with Gasteiger partial charge in [-0.15, -0.1) is 0 Å². The number of nitrogens with zero attached hydrogens (tertiary/aromatic N) is 2. The Kier molecular flexibility index (Phi) is 13.9. The molecule has 248 valence electrons. The highest BCUT2D eigenvalue weighted by atomic mass is 19.1. The smallest absolute Gasteiger partial charge is 0.329 e. The van der Waals surface area contributed by atoms with E-state index in [-0.39, 0.29) is 25.1 Å². The molecule has 1 heterocycles. The molecule has 0 saturated carbocycles. The molecule has 0 unspecified atom stereocenters. The molecule has 0 fully saturated rings. The van der Waals surface area contributed by atoms with E-state index in [4.69, 9.17) is 14.2 Å². The molecule has 0 aliphatic heterocycles. The second-order valence-electron chi connectivity index (χ2n) is 13.1. The Hall–Kier alpha value is -4.04. The first-order valence-electron chi connectivity index (χ1n) is 14.4. The van der Waals surface area contributed by atoms with E-state index in [1.165, 1.54) is 6.07 Å². The van der Waals surface area contributed by atoms with Crippen LogP contribution in [0.3, 0.4) is 0 Å². The molecule has 1 aromatic rings. The van der Waals surface area contributed by atoms with E-state index in [0.29, 0.717) is 19.4 Å². The summed E-state index contributed by atoms with van der Waals surface area (Å²) in [6.45, 7) is 15.4. The molecular weight excluding hydrogens is 581 g/mol. The van der Waals surface area contributed by atoms with Gasteiger partial charge in [0.05, 0.1) is 4.92 Å². The van der Waals surface area contributed by atoms with Gasteiger partial charge in [0.25, 0.3) is 5.95 Å². The van der Waals surface area contributed by atoms with Gasteiger partial charge in [0.1, 0.15) is 34.7 Å². The fourth-order valence-electron chi connectivity index (χ4n) is 3.61. The Morgan fingerprint density at radius 1 is 0.841 bits per heavy atom. The minimum atomic E-state index is -1.21. The first kappa shape index (κ1) is 38.0. The van der Waals surface area contributed by atoms with Crippen LogP contribution in [0.2, 0.25) is 0 Å². The lowest BCUT2D eigenvalue weighted by Gasteiger charge is -2.27. The molecule has 1 rings (SSSR count). The van der Waals surface area contributed by atoms with Crippen molar-refractivity contribution in [2.45, 2.75) is 123 Å². The van der Waals surface area contributed by atoms with Crippen LogP contribution in [-0.4, -0.2) is 69.3 Å². The Labute approximate surface area is 257 Å². The standard InChI is InChI=1S/C29H46FN5O9/c1-27(2,3)42-22(36)16-13-19(25(38)44-29(7,8)9)33-26(39)32-18(24(37)43-28(4,5)6)12-10-11-17-31-21-15-14-20(35(40)41)23(30)34-21/h14-15,18-19H,10-13,16-17H2,1-9H3,(H,31,34)(H2,32,33,39)/t18-,19-/m0/s1. The summed E-state index contributed by atoms with van der Waals surface area (Å²) in [5.74, 6) is -3.11. The van der Waals surface area contributed by atoms with E-state index in [1.54, 1.807) is 62.3 Å². The van der Waals surface area contributed by atoms with Crippen LogP contribution >= 0.6 is 0 Å². The van der Waals surface area contributed by atoms with Gasteiger partial charge in [0, 0.05) is 19.0 Å². The van der Waals surface area contributed by atoms with Crippen LogP contribution in [0.1, 0.15) is 94.4 Å². The van der Waals surface area contributed by atoms with Crippen LogP contribution in [-0.2, 0) is 28.6 Å². The van der Waals surface area contributed by atoms with Crippen molar-refractivity contribution >= 4 is 35.4 Å². The lowest BCUT2D eigenvalue weighted by atomic mass is 10.1. The van der Waals surface area contributed by atoms with E-state index in [0.717, 1.165) is 6.07 Å². The second-order valence-corrected chi connectivity index (χ2v) is 13.1. The third kappa shape index (κ3) is 16.0. The summed E-state index contributed by atoms with van der Waals surface area (Å²) in [6, 6.07) is -0.858. The summed E-state index contributed by atoms with van der Waals surface area (Å²) in [5, 5.41) is 18.7. The van der Waals surface area contributed by atoms with E-state index < -0.39 is 69.4 Å². The van der Waals surface area contributed by atoms with Crippen molar-refractivity contribution in [3.05, 3.63) is 28.2 Å². The number of hydrogen-bond acceptors (Lipinski definition) is 11. The van der Waals surface area contributed by atoms with E-state index in [9.17, 15) is 33.7 Å². The summed E-state index contributed by atoms with van der Waals surface area (Å²) in [4.78, 5) is 64.4. The number of anilines is 1. The Morgan fingerprint density at radius 2 is 1.34 bits per heavy atom. The number of pyridine rings is 1. The van der Waals surface area contributed by atoms with Crippen LogP contribution in [0, 0.1) is 16.1 Å². The number of carbonyl (C=O) groups excluding carboxylic acids is 4. The highest BCUT2D eigenvalue weighted by Crippen LogP contribution is 2.18. The molecule has 44 heavy (non-hydrogen) atoms. The first-order valence-corrected chi connectivity index (χ1v) is 14.4. The monoisotopic (exact) mass is 627 g/mol. The molecule has 0 bridgehead atoms. The third-order valence-electron chi connectivity index (χ3n) is 5.30. The molecular formula is C29H46FN5O9. The van der Waals surface area contributed by atoms with Gasteiger partial charge >= 0.3 is 29.6 Å². The topological polar surface area (TPSA) is 188 Å². The maximum absolute atomic E-state index is 13.8. The van der Waals surface area contributed by atoms with Crippen molar-refractivity contribution in [2.75, 3.05) is 11.9 Å². The molecule has 0 aromatic carbocycles. The van der Waals surface area contributed by atoms with E-state index in [2.05, 4.69) is 20.9 Å². The maximum atomic E-state index is 13.8. The molecule has 14 nitrogen and oxygen atoms in total. The zero-order valence-electron chi connectivity index (χ0n) is 27.0. The van der Waals surface area contributed by atoms with Gasteiger partial charge in [-0.05, 0) is 94.1 Å². The Bertz CT molecular complexity index is 1170. The number of ether oxygens (including phenoxy) is 3. The van der Waals surface area contributed by atoms with Crippen molar-refractivity contribution in [2.24, 2.45) is 0 Å². The number of rotatable bonds is 14. The van der Waals surface area contributed by atoms with Gasteiger partial charge in [-0.3, -0.25) is 14.9 Å². The molecule has 3 N–H and O–H groups in total. The summed E-state index contributed by atoms with van der Waals surface area (Å²) in [5.41, 5.74) is -3.16. The number of nitrogens with one attached hydrogen (secondary N) is 3. The molecule has 0 spiro atoms. The van der Waals surface area contributed by atoms with Gasteiger partial charge in [0.2, 0.25) is 0 Å². The zero-order chi connectivity index (χ0) is 33.9. The predicted octanol–water partition coefficient (Wildman–Crippen LogP) is 4.55. The molecule has 2 atom stereocenters. The molecule has 0 aliphatic rings. The quantitative estimate of drug-likeness (QED) is 0.0655. The number of unbranched alkanes of at least 4 members (excludes halogenated alkanes) is 1. The highest BCUT2D eigenvalue weighted by molar-refractivity contribution is 5.87. The predicted molar refractivity (Wildman–Crippen MR) is 159 cm³/mol. The third-order valence-corrected chi connectivity index (χ3v) is 5.30. The number of aromatic nitrogens is 1. The highest BCUT2D eigenvalue weighted by Gasteiger charge is 2.31. The normalized spacial score (nSPS) is 13.2. The van der Waals surface area contributed by atoms with Gasteiger partial charge < -0.3 is 30.2 Å². The van der Waals surface area contributed by atoms with Crippen molar-refractivity contribution in [1.82, 2.24) is 15.6 Å². The molecule has 15 heteroatoms. The number of esters is 3. The van der Waals surface area contributed by atoms with Crippen LogP contribution in [0.25, 0.3) is 0 Å². The minimum absolute atomic E-state index is 0.0999. The average Bonchev–Trinajstić information content (AvgIpc) is 2.82. The van der Waals surface area contributed by atoms with Crippen molar-refractivity contribution in [3.63, 3.8) is 0 Å². The molecule has 0 saturated heterocycles. The van der Waals surface area contributed by atoms with E-state index in [1.807, 2.05) is 0 Å². The van der Waals surface area contributed by atoms with Crippen molar-refractivity contribution in [1.29, 1.82) is 0 Å². The average molecular weight is 628 g/mol. The summed E-state index contributed by atoms with van der Waals surface area (Å²) in [6.07, 6.45) is 0.746. The number of nitro groups is 1. The lowest BCUT2D eigenvalue weighted by molar-refractivity contribution is -0.388. The maximum Gasteiger partial charge on any atom is 0.329 e. The van der Waals surface area contributed by atoms with E-state index >= 15 is 0 Å². The van der Waals surface area contributed by atoms with Crippen molar-refractivity contribution in [3.8, 4) is 0 Å².